The van der Waals surface area contributed by atoms with Crippen LogP contribution in [0.15, 0.2) is 38.6 Å². The minimum Gasteiger partial charge on any atom is -0.307 e. The molecule has 1 aliphatic heterocycles. The van der Waals surface area contributed by atoms with Crippen molar-refractivity contribution in [2.75, 3.05) is 11.4 Å². The highest BCUT2D eigenvalue weighted by Gasteiger charge is 2.26. The summed E-state index contributed by atoms with van der Waals surface area (Å²) in [7, 11) is 0. The van der Waals surface area contributed by atoms with Gasteiger partial charge in [-0.3, -0.25) is 4.79 Å². The molecule has 0 fully saturated rings. The fourth-order valence-corrected chi connectivity index (χ4v) is 4.12. The molecule has 0 saturated carbocycles. The van der Waals surface area contributed by atoms with E-state index in [1.54, 1.807) is 0 Å². The number of rotatable bonds is 1. The minimum absolute atomic E-state index is 0.0800. The number of halogens is 2. The molecule has 0 aliphatic carbocycles. The Morgan fingerprint density at radius 3 is 2.78 bits per heavy atom. The van der Waals surface area contributed by atoms with E-state index in [-0.39, 0.29) is 5.91 Å². The van der Waals surface area contributed by atoms with Gasteiger partial charge < -0.3 is 4.90 Å². The van der Waals surface area contributed by atoms with Gasteiger partial charge >= 0.3 is 0 Å². The van der Waals surface area contributed by atoms with E-state index in [1.807, 2.05) is 29.2 Å². The van der Waals surface area contributed by atoms with Crippen LogP contribution in [-0.4, -0.2) is 12.5 Å². The minimum atomic E-state index is 0.0800. The Kier molecular flexibility index (Phi) is 3.30. The topological polar surface area (TPSA) is 20.3 Å². The van der Waals surface area contributed by atoms with Gasteiger partial charge in [0.05, 0.1) is 8.66 Å². The molecule has 18 heavy (non-hydrogen) atoms. The summed E-state index contributed by atoms with van der Waals surface area (Å²) in [6, 6.07) is 9.97. The Bertz CT molecular complexity index is 604. The van der Waals surface area contributed by atoms with Gasteiger partial charge in [-0.25, -0.2) is 0 Å². The molecule has 92 valence electrons. The third-order valence-corrected chi connectivity index (χ3v) is 6.23. The van der Waals surface area contributed by atoms with E-state index in [2.05, 4.69) is 37.9 Å². The lowest BCUT2D eigenvalue weighted by Gasteiger charge is -2.15. The lowest BCUT2D eigenvalue weighted by Crippen LogP contribution is -2.28. The molecule has 0 atom stereocenters. The van der Waals surface area contributed by atoms with Crippen LogP contribution in [-0.2, 0) is 6.42 Å². The maximum atomic E-state index is 12.5. The quantitative estimate of drug-likeness (QED) is 0.707. The average molecular weight is 387 g/mol. The highest BCUT2D eigenvalue weighted by molar-refractivity contribution is 9.13. The van der Waals surface area contributed by atoms with Crippen molar-refractivity contribution in [3.05, 3.63) is 49.0 Å². The molecular formula is C13H9Br2NOS. The van der Waals surface area contributed by atoms with Gasteiger partial charge in [0.15, 0.2) is 0 Å². The number of benzene rings is 1. The molecule has 0 bridgehead atoms. The van der Waals surface area contributed by atoms with Crippen molar-refractivity contribution in [2.45, 2.75) is 6.42 Å². The maximum absolute atomic E-state index is 12.5. The van der Waals surface area contributed by atoms with Crippen LogP contribution in [0.4, 0.5) is 5.69 Å². The van der Waals surface area contributed by atoms with Gasteiger partial charge in [0, 0.05) is 16.7 Å². The summed E-state index contributed by atoms with van der Waals surface area (Å²) in [4.78, 5) is 15.1. The second-order valence-corrected chi connectivity index (χ2v) is 7.29. The van der Waals surface area contributed by atoms with Crippen LogP contribution in [0.25, 0.3) is 0 Å². The zero-order valence-electron chi connectivity index (χ0n) is 9.32. The van der Waals surface area contributed by atoms with E-state index >= 15 is 0 Å². The highest BCUT2D eigenvalue weighted by atomic mass is 79.9. The molecule has 3 rings (SSSR count). The van der Waals surface area contributed by atoms with E-state index in [0.29, 0.717) is 0 Å². The average Bonchev–Trinajstić information content (AvgIpc) is 2.93. The van der Waals surface area contributed by atoms with Crippen LogP contribution >= 0.6 is 43.2 Å². The first-order valence-electron chi connectivity index (χ1n) is 5.51. The summed E-state index contributed by atoms with van der Waals surface area (Å²) >= 11 is 8.31. The van der Waals surface area contributed by atoms with E-state index in [9.17, 15) is 4.79 Å². The van der Waals surface area contributed by atoms with Crippen molar-refractivity contribution >= 4 is 54.8 Å². The number of carbonyl (C=O) groups is 1. The number of nitrogens with zero attached hydrogens (tertiary/aromatic N) is 1. The number of amides is 1. The number of thiophene rings is 1. The molecule has 0 radical (unpaired) electrons. The maximum Gasteiger partial charge on any atom is 0.268 e. The fourth-order valence-electron chi connectivity index (χ4n) is 2.13. The van der Waals surface area contributed by atoms with Gasteiger partial charge in [0.25, 0.3) is 5.91 Å². The molecule has 1 amide bonds. The van der Waals surface area contributed by atoms with E-state index < -0.39 is 0 Å². The number of fused-ring (bicyclic) bond motifs is 1. The van der Waals surface area contributed by atoms with Crippen molar-refractivity contribution in [3.8, 4) is 0 Å². The molecule has 1 aliphatic rings. The lowest BCUT2D eigenvalue weighted by atomic mass is 10.2. The van der Waals surface area contributed by atoms with Crippen molar-refractivity contribution < 1.29 is 4.79 Å². The standard InChI is InChI=1S/C13H9Br2NOS/c14-9-7-11(18-12(9)15)13(17)16-6-5-8-3-1-2-4-10(8)16/h1-4,7H,5-6H2. The highest BCUT2D eigenvalue weighted by Crippen LogP contribution is 2.35. The zero-order chi connectivity index (χ0) is 12.7. The van der Waals surface area contributed by atoms with E-state index in [0.717, 1.165) is 31.8 Å². The summed E-state index contributed by atoms with van der Waals surface area (Å²) in [6.45, 7) is 0.769. The molecule has 2 nitrogen and oxygen atoms in total. The van der Waals surface area contributed by atoms with Crippen LogP contribution in [0.3, 0.4) is 0 Å². The van der Waals surface area contributed by atoms with E-state index in [1.165, 1.54) is 16.9 Å². The summed E-state index contributed by atoms with van der Waals surface area (Å²) in [5.41, 5.74) is 2.30. The summed E-state index contributed by atoms with van der Waals surface area (Å²) in [5, 5.41) is 0. The Morgan fingerprint density at radius 2 is 2.06 bits per heavy atom. The summed E-state index contributed by atoms with van der Waals surface area (Å²) < 4.78 is 1.89. The van der Waals surface area contributed by atoms with Crippen LogP contribution in [0.1, 0.15) is 15.2 Å². The Labute approximate surface area is 126 Å². The third kappa shape index (κ3) is 2.04. The third-order valence-electron chi connectivity index (χ3n) is 2.99. The lowest BCUT2D eigenvalue weighted by molar-refractivity contribution is 0.0993. The second kappa shape index (κ2) is 4.79. The summed E-state index contributed by atoms with van der Waals surface area (Å²) in [5.74, 6) is 0.0800. The zero-order valence-corrected chi connectivity index (χ0v) is 13.3. The molecule has 0 N–H and O–H groups in total. The van der Waals surface area contributed by atoms with E-state index in [4.69, 9.17) is 0 Å². The largest absolute Gasteiger partial charge is 0.307 e. The molecule has 2 aromatic rings. The molecule has 0 spiro atoms. The normalized spacial score (nSPS) is 13.8. The van der Waals surface area contributed by atoms with Crippen LogP contribution < -0.4 is 4.90 Å². The van der Waals surface area contributed by atoms with Crippen LogP contribution in [0, 0.1) is 0 Å². The van der Waals surface area contributed by atoms with Crippen LogP contribution in [0.5, 0.6) is 0 Å². The SMILES string of the molecule is O=C(c1cc(Br)c(Br)s1)N1CCc2ccccc21. The molecule has 2 heterocycles. The van der Waals surface area contributed by atoms with Gasteiger partial charge in [-0.1, -0.05) is 18.2 Å². The molecule has 0 unspecified atom stereocenters. The van der Waals surface area contributed by atoms with Gasteiger partial charge in [-0.05, 0) is 56.0 Å². The second-order valence-electron chi connectivity index (χ2n) is 4.07. The van der Waals surface area contributed by atoms with Crippen molar-refractivity contribution in [1.82, 2.24) is 0 Å². The van der Waals surface area contributed by atoms with Crippen molar-refractivity contribution in [1.29, 1.82) is 0 Å². The number of anilines is 1. The predicted molar refractivity (Wildman–Crippen MR) is 81.5 cm³/mol. The van der Waals surface area contributed by atoms with Crippen LogP contribution in [0.2, 0.25) is 0 Å². The fraction of sp³-hybridized carbons (Fsp3) is 0.154. The predicted octanol–water partition coefficient (Wildman–Crippen LogP) is 4.48. The molecule has 5 heteroatoms. The van der Waals surface area contributed by atoms with Gasteiger partial charge in [-0.2, -0.15) is 0 Å². The number of hydrogen-bond acceptors (Lipinski definition) is 2. The monoisotopic (exact) mass is 385 g/mol. The number of carbonyl (C=O) groups excluding carboxylic acids is 1. The van der Waals surface area contributed by atoms with Gasteiger partial charge in [0.2, 0.25) is 0 Å². The first kappa shape index (κ1) is 12.4. The van der Waals surface area contributed by atoms with Crippen molar-refractivity contribution in [2.24, 2.45) is 0 Å². The smallest absolute Gasteiger partial charge is 0.268 e. The molecule has 0 saturated heterocycles. The first-order valence-corrected chi connectivity index (χ1v) is 7.91. The molecule has 1 aromatic carbocycles. The number of para-hydroxylation sites is 1. The van der Waals surface area contributed by atoms with Gasteiger partial charge in [0.1, 0.15) is 0 Å². The first-order chi connectivity index (χ1) is 8.66. The van der Waals surface area contributed by atoms with Crippen molar-refractivity contribution in [3.63, 3.8) is 0 Å². The Balaban J connectivity index is 1.95. The Morgan fingerprint density at radius 1 is 1.28 bits per heavy atom. The number of hydrogen-bond donors (Lipinski definition) is 0. The summed E-state index contributed by atoms with van der Waals surface area (Å²) in [6.07, 6.45) is 0.940. The van der Waals surface area contributed by atoms with Gasteiger partial charge in [-0.15, -0.1) is 11.3 Å². The molecular weight excluding hydrogens is 378 g/mol. The Hall–Kier alpha value is -0.650. The molecule has 1 aromatic heterocycles.